The molecule has 4 nitrogen and oxygen atoms in total. The van der Waals surface area contributed by atoms with E-state index in [2.05, 4.69) is 5.16 Å². The molecule has 1 unspecified atom stereocenters. The number of methoxy groups -OCH3 is 1. The summed E-state index contributed by atoms with van der Waals surface area (Å²) in [5.41, 5.74) is 0.993. The molecule has 24 heavy (non-hydrogen) atoms. The Balaban J connectivity index is 1.88. The molecule has 1 heterocycles. The zero-order valence-electron chi connectivity index (χ0n) is 12.8. The Morgan fingerprint density at radius 2 is 1.75 bits per heavy atom. The third-order valence-electron chi connectivity index (χ3n) is 3.68. The fourth-order valence-corrected chi connectivity index (χ4v) is 2.31. The highest BCUT2D eigenvalue weighted by atomic mass is 19.3. The van der Waals surface area contributed by atoms with Crippen molar-refractivity contribution in [3.05, 3.63) is 72.0 Å². The molecule has 6 heteroatoms. The van der Waals surface area contributed by atoms with E-state index in [1.165, 1.54) is 31.4 Å². The van der Waals surface area contributed by atoms with Gasteiger partial charge in [-0.1, -0.05) is 47.6 Å². The number of hydrogen-bond acceptors (Lipinski definition) is 4. The van der Waals surface area contributed by atoms with Crippen LogP contribution < -0.4 is 4.74 Å². The molecular weight excluding hydrogens is 316 g/mol. The van der Waals surface area contributed by atoms with Gasteiger partial charge in [0.2, 0.25) is 5.76 Å². The van der Waals surface area contributed by atoms with E-state index >= 15 is 0 Å². The van der Waals surface area contributed by atoms with Crippen molar-refractivity contribution in [2.24, 2.45) is 0 Å². The summed E-state index contributed by atoms with van der Waals surface area (Å²) in [6.45, 7) is 0. The van der Waals surface area contributed by atoms with E-state index in [0.29, 0.717) is 11.3 Å². The standard InChI is InChI=1S/C18H15F2NO3/c1-23-14-9-7-13(8-10-14)17(22)18(19,20)16-11-15(21-24-16)12-5-3-2-4-6-12/h2-11,17,22H,1H3. The van der Waals surface area contributed by atoms with Gasteiger partial charge in [-0.05, 0) is 17.7 Å². The Morgan fingerprint density at radius 3 is 2.38 bits per heavy atom. The Hall–Kier alpha value is -2.73. The summed E-state index contributed by atoms with van der Waals surface area (Å²) < 4.78 is 38.8. The van der Waals surface area contributed by atoms with Crippen LogP contribution in [0.25, 0.3) is 11.3 Å². The van der Waals surface area contributed by atoms with Gasteiger partial charge in [0.15, 0.2) is 6.10 Å². The first-order valence-corrected chi connectivity index (χ1v) is 7.25. The van der Waals surface area contributed by atoms with Crippen molar-refractivity contribution in [1.29, 1.82) is 0 Å². The number of ether oxygens (including phenoxy) is 1. The van der Waals surface area contributed by atoms with E-state index in [0.717, 1.165) is 6.07 Å². The van der Waals surface area contributed by atoms with Crippen molar-refractivity contribution in [3.8, 4) is 17.0 Å². The molecule has 0 bridgehead atoms. The summed E-state index contributed by atoms with van der Waals surface area (Å²) in [5.74, 6) is -3.79. The van der Waals surface area contributed by atoms with Crippen LogP contribution in [0, 0.1) is 0 Å². The van der Waals surface area contributed by atoms with E-state index in [1.807, 2.05) is 6.07 Å². The van der Waals surface area contributed by atoms with Crippen molar-refractivity contribution >= 4 is 0 Å². The lowest BCUT2D eigenvalue weighted by Crippen LogP contribution is -2.23. The smallest absolute Gasteiger partial charge is 0.336 e. The van der Waals surface area contributed by atoms with Crippen molar-refractivity contribution in [2.45, 2.75) is 12.0 Å². The summed E-state index contributed by atoms with van der Waals surface area (Å²) in [6, 6.07) is 15.7. The van der Waals surface area contributed by atoms with E-state index in [1.54, 1.807) is 24.3 Å². The Kier molecular flexibility index (Phi) is 4.31. The van der Waals surface area contributed by atoms with Gasteiger partial charge in [0.05, 0.1) is 7.11 Å². The summed E-state index contributed by atoms with van der Waals surface area (Å²) in [4.78, 5) is 0. The molecule has 1 N–H and O–H groups in total. The third-order valence-corrected chi connectivity index (χ3v) is 3.68. The number of aliphatic hydroxyl groups is 1. The fourth-order valence-electron chi connectivity index (χ4n) is 2.31. The molecule has 0 radical (unpaired) electrons. The van der Waals surface area contributed by atoms with Crippen LogP contribution in [0.2, 0.25) is 0 Å². The summed E-state index contributed by atoms with van der Waals surface area (Å²) in [6.07, 6.45) is -2.06. The number of hydrogen-bond donors (Lipinski definition) is 1. The van der Waals surface area contributed by atoms with Crippen LogP contribution in [0.4, 0.5) is 8.78 Å². The van der Waals surface area contributed by atoms with Crippen LogP contribution in [0.1, 0.15) is 17.4 Å². The molecule has 0 saturated heterocycles. The Bertz CT molecular complexity index is 801. The molecule has 2 aromatic carbocycles. The van der Waals surface area contributed by atoms with Gasteiger partial charge in [-0.3, -0.25) is 0 Å². The molecule has 0 aliphatic rings. The largest absolute Gasteiger partial charge is 0.497 e. The van der Waals surface area contributed by atoms with Crippen LogP contribution in [0.15, 0.2) is 65.2 Å². The van der Waals surface area contributed by atoms with E-state index in [-0.39, 0.29) is 11.3 Å². The lowest BCUT2D eigenvalue weighted by atomic mass is 10.0. The van der Waals surface area contributed by atoms with Gasteiger partial charge in [0.25, 0.3) is 0 Å². The molecule has 0 saturated carbocycles. The Labute approximate surface area is 137 Å². The molecule has 3 rings (SSSR count). The second-order valence-electron chi connectivity index (χ2n) is 5.24. The van der Waals surface area contributed by atoms with Crippen LogP contribution >= 0.6 is 0 Å². The topological polar surface area (TPSA) is 55.5 Å². The van der Waals surface area contributed by atoms with Crippen molar-refractivity contribution in [2.75, 3.05) is 7.11 Å². The van der Waals surface area contributed by atoms with Crippen LogP contribution in [0.5, 0.6) is 5.75 Å². The number of nitrogens with zero attached hydrogens (tertiary/aromatic N) is 1. The molecule has 1 aromatic heterocycles. The number of aromatic nitrogens is 1. The zero-order valence-corrected chi connectivity index (χ0v) is 12.8. The van der Waals surface area contributed by atoms with Gasteiger partial charge in [-0.25, -0.2) is 0 Å². The van der Waals surface area contributed by atoms with E-state index in [4.69, 9.17) is 9.26 Å². The third kappa shape index (κ3) is 3.00. The van der Waals surface area contributed by atoms with Gasteiger partial charge in [0.1, 0.15) is 11.4 Å². The highest BCUT2D eigenvalue weighted by molar-refractivity contribution is 5.58. The second-order valence-corrected chi connectivity index (χ2v) is 5.24. The number of rotatable bonds is 5. The average molecular weight is 331 g/mol. The monoisotopic (exact) mass is 331 g/mol. The van der Waals surface area contributed by atoms with Gasteiger partial charge in [0, 0.05) is 11.6 Å². The minimum Gasteiger partial charge on any atom is -0.497 e. The van der Waals surface area contributed by atoms with Gasteiger partial charge in [-0.15, -0.1) is 0 Å². The minimum atomic E-state index is -3.62. The fraction of sp³-hybridized carbons (Fsp3) is 0.167. The maximum absolute atomic E-state index is 14.5. The minimum absolute atomic E-state index is 0.0541. The zero-order chi connectivity index (χ0) is 17.2. The SMILES string of the molecule is COc1ccc(C(O)C(F)(F)c2cc(-c3ccccc3)no2)cc1. The first-order chi connectivity index (χ1) is 11.5. The number of halogens is 2. The highest BCUT2D eigenvalue weighted by Gasteiger charge is 2.45. The van der Waals surface area contributed by atoms with Crippen LogP contribution in [-0.2, 0) is 5.92 Å². The van der Waals surface area contributed by atoms with Crippen molar-refractivity contribution < 1.29 is 23.1 Å². The number of alkyl halides is 2. The van der Waals surface area contributed by atoms with Crippen molar-refractivity contribution in [3.63, 3.8) is 0 Å². The summed E-state index contributed by atoms with van der Waals surface area (Å²) in [5, 5.41) is 13.7. The molecule has 1 atom stereocenters. The molecule has 0 amide bonds. The maximum atomic E-state index is 14.5. The predicted octanol–water partition coefficient (Wildman–Crippen LogP) is 4.18. The lowest BCUT2D eigenvalue weighted by molar-refractivity contribution is -0.133. The van der Waals surface area contributed by atoms with Crippen molar-refractivity contribution in [1.82, 2.24) is 5.16 Å². The van der Waals surface area contributed by atoms with Gasteiger partial charge >= 0.3 is 5.92 Å². The number of benzene rings is 2. The maximum Gasteiger partial charge on any atom is 0.336 e. The molecule has 0 aliphatic carbocycles. The molecule has 0 aliphatic heterocycles. The van der Waals surface area contributed by atoms with E-state index < -0.39 is 17.8 Å². The molecule has 3 aromatic rings. The van der Waals surface area contributed by atoms with Gasteiger partial charge in [-0.2, -0.15) is 8.78 Å². The average Bonchev–Trinajstić information content (AvgIpc) is 3.13. The first kappa shape index (κ1) is 16.1. The first-order valence-electron chi connectivity index (χ1n) is 7.25. The normalized spacial score (nSPS) is 12.8. The van der Waals surface area contributed by atoms with Crippen LogP contribution in [0.3, 0.4) is 0 Å². The molecule has 0 spiro atoms. The quantitative estimate of drug-likeness (QED) is 0.762. The van der Waals surface area contributed by atoms with E-state index in [9.17, 15) is 13.9 Å². The second kappa shape index (κ2) is 6.41. The summed E-state index contributed by atoms with van der Waals surface area (Å²) in [7, 11) is 1.47. The molecule has 0 fully saturated rings. The Morgan fingerprint density at radius 1 is 1.08 bits per heavy atom. The van der Waals surface area contributed by atoms with Crippen LogP contribution in [-0.4, -0.2) is 17.4 Å². The summed E-state index contributed by atoms with van der Waals surface area (Å²) >= 11 is 0. The molecular formula is C18H15F2NO3. The number of aliphatic hydroxyl groups excluding tert-OH is 1. The van der Waals surface area contributed by atoms with Gasteiger partial charge < -0.3 is 14.4 Å². The highest BCUT2D eigenvalue weighted by Crippen LogP contribution is 2.41. The molecule has 124 valence electrons. The predicted molar refractivity (Wildman–Crippen MR) is 83.8 cm³/mol. The lowest BCUT2D eigenvalue weighted by Gasteiger charge is -2.20.